The Hall–Kier alpha value is -1.67. The Morgan fingerprint density at radius 2 is 1.38 bits per heavy atom. The first-order chi connectivity index (χ1) is 13.5. The van der Waals surface area contributed by atoms with Crippen LogP contribution in [-0.2, 0) is 14.9 Å². The second kappa shape index (κ2) is 7.87. The standard InChI is InChI=1S/C19H12Cl4O5S/c20-11-3-1-10(2-4-11)19(29(26,27)28,13-6-5-12(24)9-16(13)25)17-14(21)7-8-15(22)18(17)23/h1-9,24-25H,(H,26,27,28). The second-order valence-corrected chi connectivity index (χ2v) is 9.27. The van der Waals surface area contributed by atoms with Gasteiger partial charge in [-0.05, 0) is 42.0 Å². The molecule has 0 spiro atoms. The van der Waals surface area contributed by atoms with E-state index < -0.39 is 20.6 Å². The van der Waals surface area contributed by atoms with Gasteiger partial charge in [0.05, 0.1) is 10.0 Å². The van der Waals surface area contributed by atoms with Gasteiger partial charge >= 0.3 is 0 Å². The molecule has 3 aromatic rings. The van der Waals surface area contributed by atoms with Crippen LogP contribution in [0, 0.1) is 0 Å². The maximum Gasteiger partial charge on any atom is 0.283 e. The Kier molecular flexibility index (Phi) is 5.98. The molecule has 3 aromatic carbocycles. The average molecular weight is 494 g/mol. The van der Waals surface area contributed by atoms with E-state index in [1.54, 1.807) is 0 Å². The van der Waals surface area contributed by atoms with Crippen LogP contribution in [0.25, 0.3) is 0 Å². The van der Waals surface area contributed by atoms with E-state index in [-0.39, 0.29) is 37.5 Å². The third-order valence-corrected chi connectivity index (χ3v) is 7.20. The predicted octanol–water partition coefficient (Wildman–Crippen LogP) is 5.89. The van der Waals surface area contributed by atoms with Crippen molar-refractivity contribution in [3.63, 3.8) is 0 Å². The Bertz CT molecular complexity index is 1200. The van der Waals surface area contributed by atoms with Gasteiger partial charge in [0.1, 0.15) is 11.5 Å². The molecule has 0 bridgehead atoms. The Labute approximate surface area is 186 Å². The largest absolute Gasteiger partial charge is 0.508 e. The van der Waals surface area contributed by atoms with E-state index in [0.717, 1.165) is 18.2 Å². The quantitative estimate of drug-likeness (QED) is 0.239. The van der Waals surface area contributed by atoms with Crippen molar-refractivity contribution >= 4 is 56.5 Å². The third kappa shape index (κ3) is 3.65. The number of phenolic OH excluding ortho intramolecular Hbond substituents is 2. The lowest BCUT2D eigenvalue weighted by Gasteiger charge is -2.34. The molecule has 0 heterocycles. The molecule has 0 aliphatic carbocycles. The normalized spacial score (nSPS) is 13.8. The summed E-state index contributed by atoms with van der Waals surface area (Å²) in [6.07, 6.45) is 0. The molecule has 1 unspecified atom stereocenters. The molecule has 5 nitrogen and oxygen atoms in total. The summed E-state index contributed by atoms with van der Waals surface area (Å²) in [7, 11) is -5.11. The molecule has 152 valence electrons. The topological polar surface area (TPSA) is 94.8 Å². The lowest BCUT2D eigenvalue weighted by Crippen LogP contribution is -2.39. The summed E-state index contributed by atoms with van der Waals surface area (Å²) in [4.78, 5) is 0. The Morgan fingerprint density at radius 1 is 0.793 bits per heavy atom. The second-order valence-electron chi connectivity index (χ2n) is 6.08. The van der Waals surface area contributed by atoms with Crippen LogP contribution < -0.4 is 0 Å². The molecular formula is C19H12Cl4O5S. The lowest BCUT2D eigenvalue weighted by atomic mass is 9.83. The first-order valence-corrected chi connectivity index (χ1v) is 10.8. The number of hydrogen-bond acceptors (Lipinski definition) is 4. The molecule has 0 amide bonds. The van der Waals surface area contributed by atoms with Crippen LogP contribution in [-0.4, -0.2) is 23.2 Å². The first kappa shape index (κ1) is 22.0. The molecule has 0 radical (unpaired) electrons. The van der Waals surface area contributed by atoms with Gasteiger partial charge in [-0.2, -0.15) is 8.42 Å². The van der Waals surface area contributed by atoms with Gasteiger partial charge in [0.15, 0.2) is 4.75 Å². The first-order valence-electron chi connectivity index (χ1n) is 7.89. The van der Waals surface area contributed by atoms with Crippen LogP contribution in [0.15, 0.2) is 54.6 Å². The molecule has 0 aromatic heterocycles. The molecule has 1 atom stereocenters. The highest BCUT2D eigenvalue weighted by molar-refractivity contribution is 7.87. The fourth-order valence-corrected chi connectivity index (χ4v) is 5.61. The third-order valence-electron chi connectivity index (χ3n) is 4.39. The van der Waals surface area contributed by atoms with Crippen LogP contribution in [0.5, 0.6) is 11.5 Å². The molecule has 0 fully saturated rings. The van der Waals surface area contributed by atoms with Gasteiger partial charge in [0, 0.05) is 27.2 Å². The number of phenols is 2. The van der Waals surface area contributed by atoms with E-state index in [1.165, 1.54) is 36.4 Å². The van der Waals surface area contributed by atoms with Crippen molar-refractivity contribution in [3.05, 3.63) is 91.4 Å². The average Bonchev–Trinajstić information content (AvgIpc) is 2.63. The molecule has 3 rings (SSSR count). The lowest BCUT2D eigenvalue weighted by molar-refractivity contribution is 0.431. The summed E-state index contributed by atoms with van der Waals surface area (Å²) in [5, 5.41) is 20.1. The van der Waals surface area contributed by atoms with Gasteiger partial charge in [0.2, 0.25) is 0 Å². The van der Waals surface area contributed by atoms with Crippen molar-refractivity contribution in [2.24, 2.45) is 0 Å². The predicted molar refractivity (Wildman–Crippen MR) is 114 cm³/mol. The van der Waals surface area contributed by atoms with Crippen molar-refractivity contribution in [2.45, 2.75) is 4.75 Å². The van der Waals surface area contributed by atoms with Gasteiger partial charge < -0.3 is 10.2 Å². The summed E-state index contributed by atoms with van der Waals surface area (Å²) in [6, 6.07) is 11.4. The Morgan fingerprint density at radius 3 is 1.93 bits per heavy atom. The molecule has 3 N–H and O–H groups in total. The number of halogens is 4. The van der Waals surface area contributed by atoms with Gasteiger partial charge in [-0.1, -0.05) is 58.5 Å². The molecule has 0 aliphatic heterocycles. The van der Waals surface area contributed by atoms with Gasteiger partial charge in [-0.15, -0.1) is 0 Å². The molecule has 0 saturated heterocycles. The number of hydrogen-bond donors (Lipinski definition) is 3. The molecule has 10 heteroatoms. The van der Waals surface area contributed by atoms with Crippen LogP contribution >= 0.6 is 46.4 Å². The zero-order valence-corrected chi connectivity index (χ0v) is 18.1. The minimum Gasteiger partial charge on any atom is -0.508 e. The van der Waals surface area contributed by atoms with E-state index >= 15 is 0 Å². The molecular weight excluding hydrogens is 482 g/mol. The van der Waals surface area contributed by atoms with Crippen molar-refractivity contribution in [2.75, 3.05) is 0 Å². The molecule has 0 saturated carbocycles. The number of aromatic hydroxyl groups is 2. The van der Waals surface area contributed by atoms with Gasteiger partial charge in [0.25, 0.3) is 10.1 Å². The van der Waals surface area contributed by atoms with Gasteiger partial charge in [-0.3, -0.25) is 4.55 Å². The highest BCUT2D eigenvalue weighted by Crippen LogP contribution is 2.52. The molecule has 0 aliphatic rings. The highest BCUT2D eigenvalue weighted by Gasteiger charge is 2.52. The van der Waals surface area contributed by atoms with Gasteiger partial charge in [-0.25, -0.2) is 0 Å². The van der Waals surface area contributed by atoms with E-state index in [0.29, 0.717) is 5.02 Å². The summed E-state index contributed by atoms with van der Waals surface area (Å²) >= 11 is 24.7. The highest BCUT2D eigenvalue weighted by atomic mass is 35.5. The zero-order chi connectivity index (χ0) is 21.6. The van der Waals surface area contributed by atoms with Crippen LogP contribution in [0.1, 0.15) is 16.7 Å². The maximum atomic E-state index is 13.0. The fourth-order valence-electron chi connectivity index (χ4n) is 3.20. The van der Waals surface area contributed by atoms with E-state index in [4.69, 9.17) is 46.4 Å². The summed E-state index contributed by atoms with van der Waals surface area (Å²) < 4.78 is 34.0. The van der Waals surface area contributed by atoms with Crippen LogP contribution in [0.4, 0.5) is 0 Å². The van der Waals surface area contributed by atoms with E-state index in [1.807, 2.05) is 0 Å². The summed E-state index contributed by atoms with van der Waals surface area (Å²) in [5.41, 5.74) is -0.582. The summed E-state index contributed by atoms with van der Waals surface area (Å²) in [5.74, 6) is -0.945. The minimum absolute atomic E-state index is 0.0172. The van der Waals surface area contributed by atoms with Crippen LogP contribution in [0.2, 0.25) is 20.1 Å². The summed E-state index contributed by atoms with van der Waals surface area (Å²) in [6.45, 7) is 0. The van der Waals surface area contributed by atoms with Crippen molar-refractivity contribution in [3.8, 4) is 11.5 Å². The number of benzene rings is 3. The molecule has 29 heavy (non-hydrogen) atoms. The number of rotatable bonds is 4. The van der Waals surface area contributed by atoms with E-state index in [9.17, 15) is 23.2 Å². The van der Waals surface area contributed by atoms with Crippen molar-refractivity contribution < 1.29 is 23.2 Å². The SMILES string of the molecule is O=S(=O)(O)C(c1ccc(Cl)cc1)(c1ccc(O)cc1O)c1c(Cl)ccc(Cl)c1Cl. The smallest absolute Gasteiger partial charge is 0.283 e. The zero-order valence-electron chi connectivity index (χ0n) is 14.3. The minimum atomic E-state index is -5.11. The maximum absolute atomic E-state index is 13.0. The monoisotopic (exact) mass is 492 g/mol. The fraction of sp³-hybridized carbons (Fsp3) is 0.0526. The van der Waals surface area contributed by atoms with Crippen molar-refractivity contribution in [1.29, 1.82) is 0 Å². The van der Waals surface area contributed by atoms with Crippen LogP contribution in [0.3, 0.4) is 0 Å². The van der Waals surface area contributed by atoms with Crippen molar-refractivity contribution in [1.82, 2.24) is 0 Å². The Balaban J connectivity index is 2.63. The van der Waals surface area contributed by atoms with E-state index in [2.05, 4.69) is 0 Å².